The lowest BCUT2D eigenvalue weighted by molar-refractivity contribution is 0.212. The molecule has 1 fully saturated rings. The number of hydrogen-bond donors (Lipinski definition) is 2. The molecule has 2 aromatic heterocycles. The highest BCUT2D eigenvalue weighted by Gasteiger charge is 2.33. The minimum Gasteiger partial charge on any atom is -0.381 e. The zero-order chi connectivity index (χ0) is 15.3. The molecule has 8 heteroatoms. The summed E-state index contributed by atoms with van der Waals surface area (Å²) in [4.78, 5) is 4.70. The maximum Gasteiger partial charge on any atom is 0.260 e. The average Bonchev–Trinajstić information content (AvgIpc) is 2.85. The van der Waals surface area contributed by atoms with E-state index in [0.29, 0.717) is 4.96 Å². The first-order valence-electron chi connectivity index (χ1n) is 7.02. The predicted octanol–water partition coefficient (Wildman–Crippen LogP) is 2.23. The highest BCUT2D eigenvalue weighted by molar-refractivity contribution is 7.89. The number of fused-ring (bicyclic) bond motifs is 1. The van der Waals surface area contributed by atoms with Crippen LogP contribution in [-0.4, -0.2) is 23.8 Å². The molecule has 6 nitrogen and oxygen atoms in total. The van der Waals surface area contributed by atoms with Gasteiger partial charge in [-0.3, -0.25) is 4.40 Å². The average molecular weight is 328 g/mol. The molecule has 3 rings (SSSR count). The van der Waals surface area contributed by atoms with Crippen molar-refractivity contribution in [1.29, 1.82) is 0 Å². The van der Waals surface area contributed by atoms with Crippen LogP contribution in [0, 0.1) is 5.41 Å². The molecule has 1 atom stereocenters. The van der Waals surface area contributed by atoms with Gasteiger partial charge in [-0.15, -0.1) is 11.3 Å². The first kappa shape index (κ1) is 14.8. The standard InChI is InChI=1S/C13H20N4O2S2/c1-13(2)5-3-4-9(8-13)16-21(18,19)11-10(14)15-12-17(11)6-7-20-12/h6-7,9,16H,3-5,8,14H2,1-2H3. The number of nitrogens with zero attached hydrogens (tertiary/aromatic N) is 2. The Morgan fingerprint density at radius 2 is 2.29 bits per heavy atom. The lowest BCUT2D eigenvalue weighted by atomic mass is 9.75. The Kier molecular flexibility index (Phi) is 3.50. The minimum absolute atomic E-state index is 0.0395. The van der Waals surface area contributed by atoms with Crippen LogP contribution in [0.2, 0.25) is 0 Å². The molecule has 1 aliphatic carbocycles. The molecule has 0 spiro atoms. The third-order valence-corrected chi connectivity index (χ3v) is 6.34. The van der Waals surface area contributed by atoms with E-state index in [1.165, 1.54) is 15.7 Å². The number of nitrogen functional groups attached to an aromatic ring is 1. The molecule has 0 radical (unpaired) electrons. The van der Waals surface area contributed by atoms with Crippen molar-refractivity contribution in [3.8, 4) is 0 Å². The van der Waals surface area contributed by atoms with Gasteiger partial charge in [-0.1, -0.05) is 20.3 Å². The van der Waals surface area contributed by atoms with E-state index in [2.05, 4.69) is 23.6 Å². The van der Waals surface area contributed by atoms with Crippen LogP contribution in [0.25, 0.3) is 4.96 Å². The second kappa shape index (κ2) is 4.96. The molecule has 1 saturated carbocycles. The minimum atomic E-state index is -3.66. The van der Waals surface area contributed by atoms with Crippen LogP contribution in [0.3, 0.4) is 0 Å². The summed E-state index contributed by atoms with van der Waals surface area (Å²) in [5, 5.41) is 1.85. The van der Waals surface area contributed by atoms with Gasteiger partial charge in [0, 0.05) is 17.6 Å². The fraction of sp³-hybridized carbons (Fsp3) is 0.615. The first-order valence-corrected chi connectivity index (χ1v) is 9.38. The summed E-state index contributed by atoms with van der Waals surface area (Å²) in [6.07, 6.45) is 5.57. The van der Waals surface area contributed by atoms with E-state index in [4.69, 9.17) is 5.73 Å². The lowest BCUT2D eigenvalue weighted by Crippen LogP contribution is -2.41. The maximum absolute atomic E-state index is 12.7. The van der Waals surface area contributed by atoms with Crippen molar-refractivity contribution in [3.63, 3.8) is 0 Å². The topological polar surface area (TPSA) is 89.5 Å². The molecule has 116 valence electrons. The molecule has 0 aliphatic heterocycles. The van der Waals surface area contributed by atoms with E-state index in [1.807, 2.05) is 0 Å². The van der Waals surface area contributed by atoms with Gasteiger partial charge < -0.3 is 5.73 Å². The first-order chi connectivity index (χ1) is 9.78. The van der Waals surface area contributed by atoms with Crippen LogP contribution in [-0.2, 0) is 10.0 Å². The van der Waals surface area contributed by atoms with Crippen molar-refractivity contribution in [2.75, 3.05) is 5.73 Å². The number of nitrogens with two attached hydrogens (primary N) is 1. The summed E-state index contributed by atoms with van der Waals surface area (Å²) in [7, 11) is -3.66. The Morgan fingerprint density at radius 3 is 3.00 bits per heavy atom. The second-order valence-electron chi connectivity index (χ2n) is 6.44. The Labute approximate surface area is 128 Å². The SMILES string of the molecule is CC1(C)CCCC(NS(=O)(=O)c2c(N)nc3sccn23)C1. The van der Waals surface area contributed by atoms with Crippen molar-refractivity contribution >= 4 is 32.1 Å². The van der Waals surface area contributed by atoms with Crippen LogP contribution >= 0.6 is 11.3 Å². The summed E-state index contributed by atoms with van der Waals surface area (Å²) in [5.74, 6) is 0.0596. The number of nitrogens with one attached hydrogen (secondary N) is 1. The predicted molar refractivity (Wildman–Crippen MR) is 83.8 cm³/mol. The zero-order valence-electron chi connectivity index (χ0n) is 12.2. The Balaban J connectivity index is 1.90. The van der Waals surface area contributed by atoms with Gasteiger partial charge in [0.2, 0.25) is 0 Å². The molecular weight excluding hydrogens is 308 g/mol. The molecule has 0 bridgehead atoms. The molecule has 2 aromatic rings. The van der Waals surface area contributed by atoms with E-state index in [9.17, 15) is 8.42 Å². The van der Waals surface area contributed by atoms with Gasteiger partial charge in [0.1, 0.15) is 0 Å². The summed E-state index contributed by atoms with van der Waals surface area (Å²) in [6, 6.07) is -0.0395. The summed E-state index contributed by atoms with van der Waals surface area (Å²) in [6.45, 7) is 4.36. The zero-order valence-corrected chi connectivity index (χ0v) is 13.8. The molecule has 1 aliphatic rings. The van der Waals surface area contributed by atoms with Gasteiger partial charge in [0.25, 0.3) is 10.0 Å². The summed E-state index contributed by atoms with van der Waals surface area (Å²) < 4.78 is 29.7. The van der Waals surface area contributed by atoms with Gasteiger partial charge in [0.15, 0.2) is 15.8 Å². The van der Waals surface area contributed by atoms with Crippen LogP contribution in [0.5, 0.6) is 0 Å². The molecule has 1 unspecified atom stereocenters. The largest absolute Gasteiger partial charge is 0.381 e. The van der Waals surface area contributed by atoms with Gasteiger partial charge in [-0.25, -0.2) is 18.1 Å². The molecule has 2 heterocycles. The third-order valence-electron chi connectivity index (χ3n) is 4.02. The fourth-order valence-corrected chi connectivity index (χ4v) is 5.38. The van der Waals surface area contributed by atoms with Gasteiger partial charge in [-0.2, -0.15) is 0 Å². The van der Waals surface area contributed by atoms with Crippen LogP contribution in [0.1, 0.15) is 39.5 Å². The molecule has 0 saturated heterocycles. The number of aromatic nitrogens is 2. The number of anilines is 1. The fourth-order valence-electron chi connectivity index (χ4n) is 3.12. The van der Waals surface area contributed by atoms with E-state index in [1.54, 1.807) is 11.6 Å². The number of imidazole rings is 1. The highest BCUT2D eigenvalue weighted by Crippen LogP contribution is 2.36. The number of rotatable bonds is 3. The number of thiazole rings is 1. The maximum atomic E-state index is 12.7. The van der Waals surface area contributed by atoms with Crippen molar-refractivity contribution in [2.45, 2.75) is 50.6 Å². The molecule has 21 heavy (non-hydrogen) atoms. The molecule has 3 N–H and O–H groups in total. The van der Waals surface area contributed by atoms with Gasteiger partial charge >= 0.3 is 0 Å². The smallest absolute Gasteiger partial charge is 0.260 e. The van der Waals surface area contributed by atoms with Crippen LogP contribution in [0.15, 0.2) is 16.6 Å². The van der Waals surface area contributed by atoms with Crippen molar-refractivity contribution in [1.82, 2.24) is 14.1 Å². The summed E-state index contributed by atoms with van der Waals surface area (Å²) >= 11 is 1.36. The van der Waals surface area contributed by atoms with Gasteiger partial charge in [-0.05, 0) is 24.7 Å². The normalized spacial score (nSPS) is 22.7. The van der Waals surface area contributed by atoms with Crippen molar-refractivity contribution in [2.24, 2.45) is 5.41 Å². The van der Waals surface area contributed by atoms with Crippen LogP contribution in [0.4, 0.5) is 5.82 Å². The van der Waals surface area contributed by atoms with E-state index in [0.717, 1.165) is 25.7 Å². The Morgan fingerprint density at radius 1 is 1.52 bits per heavy atom. The number of hydrogen-bond acceptors (Lipinski definition) is 5. The molecular formula is C13H20N4O2S2. The third kappa shape index (κ3) is 2.79. The molecule has 0 amide bonds. The second-order valence-corrected chi connectivity index (χ2v) is 8.94. The lowest BCUT2D eigenvalue weighted by Gasteiger charge is -2.35. The van der Waals surface area contributed by atoms with E-state index in [-0.39, 0.29) is 22.3 Å². The summed E-state index contributed by atoms with van der Waals surface area (Å²) in [5.41, 5.74) is 5.97. The number of sulfonamides is 1. The van der Waals surface area contributed by atoms with Crippen molar-refractivity contribution in [3.05, 3.63) is 11.6 Å². The van der Waals surface area contributed by atoms with Gasteiger partial charge in [0.05, 0.1) is 0 Å². The monoisotopic (exact) mass is 328 g/mol. The Bertz CT molecular complexity index is 760. The van der Waals surface area contributed by atoms with Crippen molar-refractivity contribution < 1.29 is 8.42 Å². The van der Waals surface area contributed by atoms with Crippen LogP contribution < -0.4 is 10.5 Å². The highest BCUT2D eigenvalue weighted by atomic mass is 32.2. The quantitative estimate of drug-likeness (QED) is 0.904. The Hall–Kier alpha value is -1.12. The van der Waals surface area contributed by atoms with E-state index >= 15 is 0 Å². The van der Waals surface area contributed by atoms with E-state index < -0.39 is 10.0 Å². The molecule has 0 aromatic carbocycles.